The van der Waals surface area contributed by atoms with Gasteiger partial charge in [-0.05, 0) is 48.2 Å². The molecule has 2 rings (SSSR count). The molecule has 0 aliphatic heterocycles. The molecular weight excluding hydrogens is 289 g/mol. The minimum absolute atomic E-state index is 0.373. The molecule has 0 amide bonds. The number of anilines is 1. The first-order valence-electron chi connectivity index (χ1n) is 6.57. The number of carbonyl (C=O) groups is 1. The van der Waals surface area contributed by atoms with Gasteiger partial charge in [-0.1, -0.05) is 6.07 Å². The molecule has 110 valence electrons. The SMILES string of the molecule is CCN(Cc1cccs1)c1cc(F)cc(/C=C/C(=O)O)c1. The summed E-state index contributed by atoms with van der Waals surface area (Å²) < 4.78 is 13.7. The lowest BCUT2D eigenvalue weighted by atomic mass is 10.1. The highest BCUT2D eigenvalue weighted by molar-refractivity contribution is 7.09. The molecule has 1 heterocycles. The van der Waals surface area contributed by atoms with Crippen LogP contribution in [0.25, 0.3) is 6.08 Å². The second-order valence-corrected chi connectivity index (χ2v) is 5.54. The van der Waals surface area contributed by atoms with E-state index < -0.39 is 5.97 Å². The van der Waals surface area contributed by atoms with Gasteiger partial charge in [0.05, 0.1) is 6.54 Å². The molecule has 1 aromatic heterocycles. The van der Waals surface area contributed by atoms with Gasteiger partial charge in [-0.25, -0.2) is 9.18 Å². The maximum Gasteiger partial charge on any atom is 0.328 e. The average molecular weight is 305 g/mol. The van der Waals surface area contributed by atoms with Gasteiger partial charge in [-0.2, -0.15) is 0 Å². The summed E-state index contributed by atoms with van der Waals surface area (Å²) in [6.45, 7) is 3.45. The Bertz CT molecular complexity index is 638. The Morgan fingerprint density at radius 2 is 2.24 bits per heavy atom. The van der Waals surface area contributed by atoms with Gasteiger partial charge in [-0.15, -0.1) is 11.3 Å². The molecule has 2 aromatic rings. The summed E-state index contributed by atoms with van der Waals surface area (Å²) in [5, 5.41) is 10.7. The van der Waals surface area contributed by atoms with Crippen LogP contribution in [0.4, 0.5) is 10.1 Å². The molecular formula is C16H16FNO2S. The van der Waals surface area contributed by atoms with E-state index in [1.54, 1.807) is 17.4 Å². The van der Waals surface area contributed by atoms with Crippen LogP contribution < -0.4 is 4.90 Å². The summed E-state index contributed by atoms with van der Waals surface area (Å²) in [6.07, 6.45) is 2.40. The highest BCUT2D eigenvalue weighted by Gasteiger charge is 2.08. The van der Waals surface area contributed by atoms with Crippen molar-refractivity contribution in [2.24, 2.45) is 0 Å². The number of thiophene rings is 1. The van der Waals surface area contributed by atoms with E-state index in [2.05, 4.69) is 0 Å². The third-order valence-corrected chi connectivity index (χ3v) is 3.86. The van der Waals surface area contributed by atoms with Crippen molar-refractivity contribution in [1.29, 1.82) is 0 Å². The molecule has 0 unspecified atom stereocenters. The van der Waals surface area contributed by atoms with E-state index in [9.17, 15) is 9.18 Å². The Morgan fingerprint density at radius 3 is 2.86 bits per heavy atom. The molecule has 21 heavy (non-hydrogen) atoms. The summed E-state index contributed by atoms with van der Waals surface area (Å²) in [5.74, 6) is -1.42. The van der Waals surface area contributed by atoms with Crippen molar-refractivity contribution >= 4 is 29.1 Å². The monoisotopic (exact) mass is 305 g/mol. The quantitative estimate of drug-likeness (QED) is 0.820. The average Bonchev–Trinajstić information content (AvgIpc) is 2.95. The van der Waals surface area contributed by atoms with Crippen LogP contribution in [0, 0.1) is 5.82 Å². The normalized spacial score (nSPS) is 11.0. The Hall–Kier alpha value is -2.14. The van der Waals surface area contributed by atoms with Gasteiger partial charge in [0.1, 0.15) is 5.82 Å². The van der Waals surface area contributed by atoms with Crippen LogP contribution in [-0.4, -0.2) is 17.6 Å². The fourth-order valence-electron chi connectivity index (χ4n) is 2.02. The molecule has 0 saturated carbocycles. The van der Waals surface area contributed by atoms with E-state index in [0.717, 1.165) is 18.3 Å². The van der Waals surface area contributed by atoms with E-state index in [4.69, 9.17) is 5.11 Å². The Kier molecular flexibility index (Phi) is 5.11. The van der Waals surface area contributed by atoms with Crippen molar-refractivity contribution in [3.63, 3.8) is 0 Å². The minimum atomic E-state index is -1.05. The first-order valence-corrected chi connectivity index (χ1v) is 7.45. The van der Waals surface area contributed by atoms with Crippen molar-refractivity contribution < 1.29 is 14.3 Å². The molecule has 0 spiro atoms. The predicted octanol–water partition coefficient (Wildman–Crippen LogP) is 4.01. The maximum absolute atomic E-state index is 13.7. The number of benzene rings is 1. The van der Waals surface area contributed by atoms with Gasteiger partial charge in [0.2, 0.25) is 0 Å². The second kappa shape index (κ2) is 7.04. The van der Waals surface area contributed by atoms with E-state index in [0.29, 0.717) is 12.1 Å². The highest BCUT2D eigenvalue weighted by Crippen LogP contribution is 2.23. The third kappa shape index (κ3) is 4.43. The van der Waals surface area contributed by atoms with Gasteiger partial charge >= 0.3 is 5.97 Å². The van der Waals surface area contributed by atoms with Crippen LogP contribution in [0.5, 0.6) is 0 Å². The van der Waals surface area contributed by atoms with Gasteiger partial charge in [0.25, 0.3) is 0 Å². The van der Waals surface area contributed by atoms with Crippen molar-refractivity contribution in [1.82, 2.24) is 0 Å². The number of aliphatic carboxylic acids is 1. The molecule has 0 bridgehead atoms. The Morgan fingerprint density at radius 1 is 1.43 bits per heavy atom. The standard InChI is InChI=1S/C16H16FNO2S/c1-2-18(11-15-4-3-7-21-15)14-9-12(5-6-16(19)20)8-13(17)10-14/h3-10H,2,11H2,1H3,(H,19,20)/b6-5+. The number of hydrogen-bond donors (Lipinski definition) is 1. The molecule has 1 aromatic carbocycles. The van der Waals surface area contributed by atoms with Crippen molar-refractivity contribution in [3.05, 3.63) is 58.0 Å². The van der Waals surface area contributed by atoms with Crippen LogP contribution >= 0.6 is 11.3 Å². The zero-order valence-electron chi connectivity index (χ0n) is 11.6. The van der Waals surface area contributed by atoms with E-state index >= 15 is 0 Å². The lowest BCUT2D eigenvalue weighted by Crippen LogP contribution is -2.21. The Balaban J connectivity index is 2.26. The minimum Gasteiger partial charge on any atom is -0.478 e. The Labute approximate surface area is 127 Å². The first-order chi connectivity index (χ1) is 10.1. The summed E-state index contributed by atoms with van der Waals surface area (Å²) in [6, 6.07) is 8.61. The largest absolute Gasteiger partial charge is 0.478 e. The fourth-order valence-corrected chi connectivity index (χ4v) is 2.74. The number of carboxylic acid groups (broad SMARTS) is 1. The molecule has 0 saturated heterocycles. The fraction of sp³-hybridized carbons (Fsp3) is 0.188. The zero-order chi connectivity index (χ0) is 15.2. The number of rotatable bonds is 6. The molecule has 0 fully saturated rings. The molecule has 1 N–H and O–H groups in total. The van der Waals surface area contributed by atoms with E-state index in [1.807, 2.05) is 29.3 Å². The van der Waals surface area contributed by atoms with Crippen LogP contribution in [0.2, 0.25) is 0 Å². The molecule has 0 radical (unpaired) electrons. The maximum atomic E-state index is 13.7. The predicted molar refractivity (Wildman–Crippen MR) is 84.1 cm³/mol. The van der Waals surface area contributed by atoms with Crippen molar-refractivity contribution in [3.8, 4) is 0 Å². The van der Waals surface area contributed by atoms with Gasteiger partial charge in [-0.3, -0.25) is 0 Å². The number of hydrogen-bond acceptors (Lipinski definition) is 3. The molecule has 0 aliphatic rings. The van der Waals surface area contributed by atoms with Crippen molar-refractivity contribution in [2.45, 2.75) is 13.5 Å². The molecule has 0 aliphatic carbocycles. The van der Waals surface area contributed by atoms with E-state index in [-0.39, 0.29) is 5.82 Å². The highest BCUT2D eigenvalue weighted by atomic mass is 32.1. The van der Waals surface area contributed by atoms with Gasteiger partial charge < -0.3 is 10.0 Å². The van der Waals surface area contributed by atoms with Crippen LogP contribution in [-0.2, 0) is 11.3 Å². The zero-order valence-corrected chi connectivity index (χ0v) is 12.4. The number of halogens is 1. The lowest BCUT2D eigenvalue weighted by Gasteiger charge is -2.23. The van der Waals surface area contributed by atoms with Crippen molar-refractivity contribution in [2.75, 3.05) is 11.4 Å². The first kappa shape index (κ1) is 15.3. The molecule has 0 atom stereocenters. The molecule has 3 nitrogen and oxygen atoms in total. The number of carboxylic acids is 1. The van der Waals surface area contributed by atoms with Crippen LogP contribution in [0.15, 0.2) is 41.8 Å². The summed E-state index contributed by atoms with van der Waals surface area (Å²) in [7, 11) is 0. The van der Waals surface area contributed by atoms with Crippen LogP contribution in [0.3, 0.4) is 0 Å². The van der Waals surface area contributed by atoms with Gasteiger partial charge in [0, 0.05) is 23.2 Å². The summed E-state index contributed by atoms with van der Waals surface area (Å²) in [4.78, 5) is 13.8. The number of nitrogens with zero attached hydrogens (tertiary/aromatic N) is 1. The third-order valence-electron chi connectivity index (χ3n) is 3.00. The smallest absolute Gasteiger partial charge is 0.328 e. The van der Waals surface area contributed by atoms with Gasteiger partial charge in [0.15, 0.2) is 0 Å². The summed E-state index contributed by atoms with van der Waals surface area (Å²) in [5.41, 5.74) is 1.29. The summed E-state index contributed by atoms with van der Waals surface area (Å²) >= 11 is 1.66. The second-order valence-electron chi connectivity index (χ2n) is 4.51. The van der Waals surface area contributed by atoms with E-state index in [1.165, 1.54) is 23.1 Å². The lowest BCUT2D eigenvalue weighted by molar-refractivity contribution is -0.131. The topological polar surface area (TPSA) is 40.5 Å². The molecule has 5 heteroatoms. The van der Waals surface area contributed by atoms with Crippen LogP contribution in [0.1, 0.15) is 17.4 Å².